The minimum atomic E-state index is -0.150. The van der Waals surface area contributed by atoms with Crippen molar-refractivity contribution in [3.05, 3.63) is 35.1 Å². The predicted molar refractivity (Wildman–Crippen MR) is 71.3 cm³/mol. The van der Waals surface area contributed by atoms with E-state index in [1.54, 1.807) is 12.1 Å². The molecule has 18 heavy (non-hydrogen) atoms. The van der Waals surface area contributed by atoms with E-state index in [1.807, 2.05) is 13.0 Å². The Labute approximate surface area is 109 Å². The molecule has 1 N–H and O–H groups in total. The standard InChI is InChI=1S/C15H22FNO/c1-11-9-14(16)4-3-13(11)5-7-17-15-6-8-18-12(2)10-15/h3-4,9,12,15,17H,5-8,10H2,1-2H3. The Morgan fingerprint density at radius 1 is 1.44 bits per heavy atom. The number of aryl methyl sites for hydroxylation is 1. The summed E-state index contributed by atoms with van der Waals surface area (Å²) in [7, 11) is 0. The lowest BCUT2D eigenvalue weighted by atomic mass is 10.0. The SMILES string of the molecule is Cc1cc(F)ccc1CCNC1CCOC(C)C1. The third-order valence-electron chi connectivity index (χ3n) is 3.62. The highest BCUT2D eigenvalue weighted by Crippen LogP contribution is 2.14. The van der Waals surface area contributed by atoms with Gasteiger partial charge in [-0.2, -0.15) is 0 Å². The Morgan fingerprint density at radius 2 is 2.28 bits per heavy atom. The topological polar surface area (TPSA) is 21.3 Å². The van der Waals surface area contributed by atoms with Gasteiger partial charge in [-0.25, -0.2) is 4.39 Å². The fourth-order valence-electron chi connectivity index (χ4n) is 2.53. The van der Waals surface area contributed by atoms with Gasteiger partial charge in [-0.05, 0) is 62.9 Å². The monoisotopic (exact) mass is 251 g/mol. The summed E-state index contributed by atoms with van der Waals surface area (Å²) in [4.78, 5) is 0. The summed E-state index contributed by atoms with van der Waals surface area (Å²) in [6, 6.07) is 5.60. The molecule has 0 bridgehead atoms. The van der Waals surface area contributed by atoms with Gasteiger partial charge in [-0.3, -0.25) is 0 Å². The molecule has 0 aromatic heterocycles. The van der Waals surface area contributed by atoms with Crippen LogP contribution in [0.25, 0.3) is 0 Å². The van der Waals surface area contributed by atoms with Crippen molar-refractivity contribution < 1.29 is 9.13 Å². The van der Waals surface area contributed by atoms with E-state index in [0.29, 0.717) is 12.1 Å². The molecule has 1 saturated heterocycles. The third-order valence-corrected chi connectivity index (χ3v) is 3.62. The Balaban J connectivity index is 1.77. The van der Waals surface area contributed by atoms with Crippen LogP contribution in [0.5, 0.6) is 0 Å². The van der Waals surface area contributed by atoms with Crippen LogP contribution in [-0.4, -0.2) is 25.3 Å². The number of rotatable bonds is 4. The molecule has 0 aliphatic carbocycles. The van der Waals surface area contributed by atoms with Crippen LogP contribution < -0.4 is 5.32 Å². The van der Waals surface area contributed by atoms with Crippen molar-refractivity contribution in [1.82, 2.24) is 5.32 Å². The van der Waals surface area contributed by atoms with Crippen LogP contribution in [0.1, 0.15) is 30.9 Å². The van der Waals surface area contributed by atoms with Crippen LogP contribution in [0.15, 0.2) is 18.2 Å². The molecule has 1 aliphatic heterocycles. The first-order chi connectivity index (χ1) is 8.65. The van der Waals surface area contributed by atoms with Crippen LogP contribution in [0.4, 0.5) is 4.39 Å². The molecule has 0 amide bonds. The molecule has 0 saturated carbocycles. The Hall–Kier alpha value is -0.930. The van der Waals surface area contributed by atoms with Crippen molar-refractivity contribution >= 4 is 0 Å². The molecule has 3 heteroatoms. The van der Waals surface area contributed by atoms with E-state index in [-0.39, 0.29) is 5.82 Å². The van der Waals surface area contributed by atoms with E-state index in [2.05, 4.69) is 12.2 Å². The lowest BCUT2D eigenvalue weighted by molar-refractivity contribution is 0.0135. The van der Waals surface area contributed by atoms with Crippen LogP contribution in [0, 0.1) is 12.7 Å². The van der Waals surface area contributed by atoms with Crippen molar-refractivity contribution in [2.75, 3.05) is 13.2 Å². The Morgan fingerprint density at radius 3 is 3.00 bits per heavy atom. The minimum Gasteiger partial charge on any atom is -0.378 e. The number of benzene rings is 1. The van der Waals surface area contributed by atoms with E-state index >= 15 is 0 Å². The first kappa shape index (κ1) is 13.5. The van der Waals surface area contributed by atoms with Gasteiger partial charge < -0.3 is 10.1 Å². The maximum atomic E-state index is 13.0. The highest BCUT2D eigenvalue weighted by atomic mass is 19.1. The molecule has 2 atom stereocenters. The molecule has 2 nitrogen and oxygen atoms in total. The van der Waals surface area contributed by atoms with Gasteiger partial charge in [0, 0.05) is 12.6 Å². The summed E-state index contributed by atoms with van der Waals surface area (Å²) in [6.45, 7) is 5.89. The van der Waals surface area contributed by atoms with Crippen molar-refractivity contribution in [3.63, 3.8) is 0 Å². The molecule has 1 aromatic rings. The van der Waals surface area contributed by atoms with Gasteiger partial charge in [0.05, 0.1) is 6.10 Å². The number of nitrogens with one attached hydrogen (secondary N) is 1. The van der Waals surface area contributed by atoms with Gasteiger partial charge in [0.15, 0.2) is 0 Å². The van der Waals surface area contributed by atoms with E-state index in [1.165, 1.54) is 5.56 Å². The average Bonchev–Trinajstić information content (AvgIpc) is 2.32. The molecule has 100 valence electrons. The van der Waals surface area contributed by atoms with Crippen molar-refractivity contribution in [3.8, 4) is 0 Å². The molecular weight excluding hydrogens is 229 g/mol. The summed E-state index contributed by atoms with van der Waals surface area (Å²) in [5, 5.41) is 3.57. The van der Waals surface area contributed by atoms with Crippen LogP contribution >= 0.6 is 0 Å². The zero-order valence-electron chi connectivity index (χ0n) is 11.2. The summed E-state index contributed by atoms with van der Waals surface area (Å²) < 4.78 is 18.5. The van der Waals surface area contributed by atoms with Gasteiger partial charge in [0.25, 0.3) is 0 Å². The summed E-state index contributed by atoms with van der Waals surface area (Å²) in [5.74, 6) is -0.150. The van der Waals surface area contributed by atoms with Gasteiger partial charge >= 0.3 is 0 Å². The van der Waals surface area contributed by atoms with E-state index in [4.69, 9.17) is 4.74 Å². The first-order valence-electron chi connectivity index (χ1n) is 6.75. The minimum absolute atomic E-state index is 0.150. The van der Waals surface area contributed by atoms with Gasteiger partial charge in [0.2, 0.25) is 0 Å². The first-order valence-corrected chi connectivity index (χ1v) is 6.75. The predicted octanol–water partition coefficient (Wildman–Crippen LogP) is 2.83. The van der Waals surface area contributed by atoms with E-state index in [9.17, 15) is 4.39 Å². The summed E-state index contributed by atoms with van der Waals surface area (Å²) in [6.07, 6.45) is 3.50. The Kier molecular flexibility index (Phi) is 4.72. The van der Waals surface area contributed by atoms with Crippen LogP contribution in [-0.2, 0) is 11.2 Å². The van der Waals surface area contributed by atoms with E-state index in [0.717, 1.165) is 38.0 Å². The molecule has 1 fully saturated rings. The molecule has 0 radical (unpaired) electrons. The smallest absolute Gasteiger partial charge is 0.123 e. The second-order valence-electron chi connectivity index (χ2n) is 5.18. The van der Waals surface area contributed by atoms with Crippen molar-refractivity contribution in [1.29, 1.82) is 0 Å². The largest absolute Gasteiger partial charge is 0.378 e. The second kappa shape index (κ2) is 6.30. The van der Waals surface area contributed by atoms with Crippen molar-refractivity contribution in [2.24, 2.45) is 0 Å². The molecule has 1 heterocycles. The fraction of sp³-hybridized carbons (Fsp3) is 0.600. The number of halogens is 1. The van der Waals surface area contributed by atoms with Crippen molar-refractivity contribution in [2.45, 2.75) is 45.3 Å². The van der Waals surface area contributed by atoms with Crippen LogP contribution in [0.2, 0.25) is 0 Å². The fourth-order valence-corrected chi connectivity index (χ4v) is 2.53. The van der Waals surface area contributed by atoms with Gasteiger partial charge in [-0.15, -0.1) is 0 Å². The third kappa shape index (κ3) is 3.79. The number of ether oxygens (including phenoxy) is 1. The Bertz CT molecular complexity index is 394. The highest BCUT2D eigenvalue weighted by Gasteiger charge is 2.18. The summed E-state index contributed by atoms with van der Waals surface area (Å²) >= 11 is 0. The lowest BCUT2D eigenvalue weighted by Gasteiger charge is -2.28. The number of hydrogen-bond donors (Lipinski definition) is 1. The lowest BCUT2D eigenvalue weighted by Crippen LogP contribution is -2.38. The van der Waals surface area contributed by atoms with E-state index < -0.39 is 0 Å². The van der Waals surface area contributed by atoms with Crippen LogP contribution in [0.3, 0.4) is 0 Å². The van der Waals surface area contributed by atoms with Gasteiger partial charge in [-0.1, -0.05) is 6.07 Å². The molecular formula is C15H22FNO. The normalized spacial score (nSPS) is 24.2. The second-order valence-corrected chi connectivity index (χ2v) is 5.18. The highest BCUT2D eigenvalue weighted by molar-refractivity contribution is 5.26. The zero-order valence-corrected chi connectivity index (χ0v) is 11.2. The summed E-state index contributed by atoms with van der Waals surface area (Å²) in [5.41, 5.74) is 2.26. The number of hydrogen-bond acceptors (Lipinski definition) is 2. The molecule has 2 unspecified atom stereocenters. The van der Waals surface area contributed by atoms with Gasteiger partial charge in [0.1, 0.15) is 5.82 Å². The molecule has 0 spiro atoms. The maximum absolute atomic E-state index is 13.0. The maximum Gasteiger partial charge on any atom is 0.123 e. The quantitative estimate of drug-likeness (QED) is 0.888. The average molecular weight is 251 g/mol. The zero-order chi connectivity index (χ0) is 13.0. The molecule has 1 aliphatic rings. The molecule has 2 rings (SSSR count). The molecule has 1 aromatic carbocycles.